The summed E-state index contributed by atoms with van der Waals surface area (Å²) in [5.74, 6) is 3.01. The van der Waals surface area contributed by atoms with Crippen LogP contribution in [0.25, 0.3) is 22.2 Å². The van der Waals surface area contributed by atoms with Gasteiger partial charge >= 0.3 is 0 Å². The third-order valence-electron chi connectivity index (χ3n) is 7.50. The Morgan fingerprint density at radius 3 is 2.49 bits per heavy atom. The maximum atomic E-state index is 14.1. The van der Waals surface area contributed by atoms with Crippen LogP contribution in [0.3, 0.4) is 0 Å². The second-order valence-electron chi connectivity index (χ2n) is 9.95. The Balaban J connectivity index is 1.49. The lowest BCUT2D eigenvalue weighted by Gasteiger charge is -2.27. The Bertz CT molecular complexity index is 1580. The number of nitrogens with zero attached hydrogens (tertiary/aromatic N) is 2. The van der Waals surface area contributed by atoms with Crippen molar-refractivity contribution in [2.24, 2.45) is 0 Å². The molecule has 6 rings (SSSR count). The van der Waals surface area contributed by atoms with Gasteiger partial charge in [0.25, 0.3) is 5.91 Å². The van der Waals surface area contributed by atoms with E-state index in [1.54, 1.807) is 39.5 Å². The maximum Gasteiger partial charge on any atom is 0.254 e. The molecule has 0 N–H and O–H groups in total. The fraction of sp³-hybridized carbons (Fsp3) is 0.312. The minimum atomic E-state index is -0.137. The van der Waals surface area contributed by atoms with Gasteiger partial charge in [-0.05, 0) is 66.9 Å². The highest BCUT2D eigenvalue weighted by atomic mass is 16.7. The molecule has 9 heteroatoms. The molecule has 1 amide bonds. The van der Waals surface area contributed by atoms with Gasteiger partial charge < -0.3 is 33.3 Å². The lowest BCUT2D eigenvalue weighted by atomic mass is 10.0. The third-order valence-corrected chi connectivity index (χ3v) is 7.50. The highest BCUT2D eigenvalue weighted by molar-refractivity contribution is 5.96. The molecule has 3 aromatic carbocycles. The smallest absolute Gasteiger partial charge is 0.254 e. The second-order valence-corrected chi connectivity index (χ2v) is 9.95. The Morgan fingerprint density at radius 2 is 1.71 bits per heavy atom. The number of hydrogen-bond acceptors (Lipinski definition) is 8. The summed E-state index contributed by atoms with van der Waals surface area (Å²) >= 11 is 0. The molecule has 3 heterocycles. The summed E-state index contributed by atoms with van der Waals surface area (Å²) in [7, 11) is 4.88. The number of amides is 1. The van der Waals surface area contributed by atoms with Crippen LogP contribution in [0.1, 0.15) is 28.8 Å². The van der Waals surface area contributed by atoms with Crippen molar-refractivity contribution < 1.29 is 33.2 Å². The van der Waals surface area contributed by atoms with Gasteiger partial charge in [0.05, 0.1) is 33.1 Å². The second kappa shape index (κ2) is 11.5. The molecule has 0 unspecified atom stereocenters. The lowest BCUT2D eigenvalue weighted by Crippen LogP contribution is -2.37. The van der Waals surface area contributed by atoms with Crippen molar-refractivity contribution in [3.05, 3.63) is 71.8 Å². The summed E-state index contributed by atoms with van der Waals surface area (Å²) in [5, 5.41) is 0.785. The normalized spacial score (nSPS) is 15.6. The van der Waals surface area contributed by atoms with Gasteiger partial charge in [0.2, 0.25) is 6.79 Å². The number of benzene rings is 3. The number of rotatable bonds is 9. The number of carbonyl (C=O) groups is 1. The molecule has 1 saturated heterocycles. The van der Waals surface area contributed by atoms with Crippen molar-refractivity contribution in [1.29, 1.82) is 0 Å². The van der Waals surface area contributed by atoms with E-state index in [4.69, 9.17) is 33.4 Å². The maximum absolute atomic E-state index is 14.1. The molecule has 212 valence electrons. The molecule has 0 radical (unpaired) electrons. The van der Waals surface area contributed by atoms with Gasteiger partial charge in [-0.2, -0.15) is 0 Å². The average Bonchev–Trinajstić information content (AvgIpc) is 3.71. The zero-order valence-electron chi connectivity index (χ0n) is 23.3. The largest absolute Gasteiger partial charge is 0.496 e. The number of fused-ring (bicyclic) bond motifs is 2. The molecule has 2 aliphatic heterocycles. The van der Waals surface area contributed by atoms with Crippen LogP contribution < -0.4 is 23.7 Å². The number of hydrogen-bond donors (Lipinski definition) is 0. The summed E-state index contributed by atoms with van der Waals surface area (Å²) in [5.41, 5.74) is 3.51. The molecule has 41 heavy (non-hydrogen) atoms. The number of aromatic nitrogens is 1. The summed E-state index contributed by atoms with van der Waals surface area (Å²) in [6, 6.07) is 18.7. The van der Waals surface area contributed by atoms with Crippen molar-refractivity contribution in [3.8, 4) is 40.0 Å². The number of para-hydroxylation sites is 1. The minimum absolute atomic E-state index is 0.0503. The van der Waals surface area contributed by atoms with Crippen LogP contribution in [0, 0.1) is 0 Å². The highest BCUT2D eigenvalue weighted by Gasteiger charge is 2.27. The van der Waals surface area contributed by atoms with E-state index in [-0.39, 0.29) is 25.3 Å². The molecule has 0 saturated carbocycles. The highest BCUT2D eigenvalue weighted by Crippen LogP contribution is 2.39. The molecule has 0 bridgehead atoms. The third kappa shape index (κ3) is 5.20. The Kier molecular flexibility index (Phi) is 7.52. The first-order chi connectivity index (χ1) is 20.1. The fourth-order valence-corrected chi connectivity index (χ4v) is 5.46. The minimum Gasteiger partial charge on any atom is -0.496 e. The molecule has 0 spiro atoms. The molecular weight excluding hydrogens is 524 g/mol. The molecule has 1 atom stereocenters. The van der Waals surface area contributed by atoms with Crippen molar-refractivity contribution in [1.82, 2.24) is 9.88 Å². The first-order valence-electron chi connectivity index (χ1n) is 13.6. The van der Waals surface area contributed by atoms with Crippen LogP contribution in [-0.4, -0.2) is 63.2 Å². The van der Waals surface area contributed by atoms with Crippen molar-refractivity contribution >= 4 is 16.8 Å². The summed E-state index contributed by atoms with van der Waals surface area (Å²) in [6.07, 6.45) is 1.81. The summed E-state index contributed by atoms with van der Waals surface area (Å²) in [4.78, 5) is 21.0. The van der Waals surface area contributed by atoms with Crippen LogP contribution >= 0.6 is 0 Å². The van der Waals surface area contributed by atoms with Gasteiger partial charge in [-0.3, -0.25) is 4.79 Å². The van der Waals surface area contributed by atoms with Crippen LogP contribution in [0.15, 0.2) is 60.7 Å². The topological polar surface area (TPSA) is 88.6 Å². The van der Waals surface area contributed by atoms with E-state index in [1.165, 1.54) is 0 Å². The summed E-state index contributed by atoms with van der Waals surface area (Å²) < 4.78 is 34.0. The van der Waals surface area contributed by atoms with Crippen molar-refractivity contribution in [3.63, 3.8) is 0 Å². The van der Waals surface area contributed by atoms with E-state index >= 15 is 0 Å². The molecule has 1 fully saturated rings. The number of ether oxygens (including phenoxy) is 6. The van der Waals surface area contributed by atoms with E-state index in [1.807, 2.05) is 47.4 Å². The number of methoxy groups -OCH3 is 3. The molecule has 4 aromatic rings. The van der Waals surface area contributed by atoms with Gasteiger partial charge in [0.1, 0.15) is 22.8 Å². The van der Waals surface area contributed by atoms with E-state index in [0.29, 0.717) is 58.7 Å². The predicted molar refractivity (Wildman–Crippen MR) is 153 cm³/mol. The molecule has 9 nitrogen and oxygen atoms in total. The monoisotopic (exact) mass is 556 g/mol. The number of pyridine rings is 1. The summed E-state index contributed by atoms with van der Waals surface area (Å²) in [6.45, 7) is 1.55. The zero-order valence-corrected chi connectivity index (χ0v) is 23.3. The van der Waals surface area contributed by atoms with Crippen LogP contribution in [0.4, 0.5) is 0 Å². The first kappa shape index (κ1) is 26.7. The quantitative estimate of drug-likeness (QED) is 0.268. The average molecular weight is 557 g/mol. The SMILES string of the molecule is COc1ccccc1-c1nc2c(OC)ccc(OC)c2cc1CN(C[C@@H]1CCCO1)C(=O)c1ccc2c(c1)OCO2. The van der Waals surface area contributed by atoms with Gasteiger partial charge in [-0.1, -0.05) is 12.1 Å². The lowest BCUT2D eigenvalue weighted by molar-refractivity contribution is 0.0507. The van der Waals surface area contributed by atoms with Gasteiger partial charge in [-0.25, -0.2) is 4.98 Å². The molecule has 2 aliphatic rings. The number of carbonyl (C=O) groups excluding carboxylic acids is 1. The van der Waals surface area contributed by atoms with Gasteiger partial charge in [-0.15, -0.1) is 0 Å². The van der Waals surface area contributed by atoms with Crippen LogP contribution in [0.2, 0.25) is 0 Å². The van der Waals surface area contributed by atoms with E-state index in [0.717, 1.165) is 29.4 Å². The van der Waals surface area contributed by atoms with Gasteiger partial charge in [0.15, 0.2) is 11.5 Å². The Labute approximate surface area is 238 Å². The van der Waals surface area contributed by atoms with E-state index < -0.39 is 0 Å². The van der Waals surface area contributed by atoms with Gasteiger partial charge in [0, 0.05) is 36.2 Å². The molecule has 1 aromatic heterocycles. The van der Waals surface area contributed by atoms with Crippen molar-refractivity contribution in [2.45, 2.75) is 25.5 Å². The first-order valence-corrected chi connectivity index (χ1v) is 13.6. The van der Waals surface area contributed by atoms with Crippen molar-refractivity contribution in [2.75, 3.05) is 41.3 Å². The van der Waals surface area contributed by atoms with Crippen LogP contribution in [-0.2, 0) is 11.3 Å². The Morgan fingerprint density at radius 1 is 0.927 bits per heavy atom. The Hall–Kier alpha value is -4.50. The molecule has 0 aliphatic carbocycles. The fourth-order valence-electron chi connectivity index (χ4n) is 5.46. The molecular formula is C32H32N2O7. The van der Waals surface area contributed by atoms with E-state index in [9.17, 15) is 4.79 Å². The predicted octanol–water partition coefficient (Wildman–Crippen LogP) is 5.48. The zero-order chi connectivity index (χ0) is 28.3. The van der Waals surface area contributed by atoms with E-state index in [2.05, 4.69) is 0 Å². The standard InChI is InChI=1S/C32H32N2O7/c1-36-25-9-5-4-8-23(25)30-21(15-24-26(37-2)12-13-28(38-3)31(24)33-30)17-34(18-22-7-6-14-39-22)32(35)20-10-11-27-29(16-20)41-19-40-27/h4-5,8-13,15-16,22H,6-7,14,17-19H2,1-3H3/t22-/m0/s1. The van der Waals surface area contributed by atoms with Crippen LogP contribution in [0.5, 0.6) is 28.7 Å².